The van der Waals surface area contributed by atoms with Crippen molar-refractivity contribution in [3.8, 4) is 5.75 Å². The summed E-state index contributed by atoms with van der Waals surface area (Å²) in [6.07, 6.45) is -8.16. The van der Waals surface area contributed by atoms with E-state index in [0.29, 0.717) is 30.3 Å². The first kappa shape index (κ1) is 60.6. The SMILES string of the molecule is CCS[C@@H]1O[C@H](COCc2ccccc2)[C@@H](OCc2ccccc2)[C@H](OCc2ccccc2)[C@H]1OC(O[C@H]1O[C@H](COCc2ccccc2)[C@@H](OCc2ccccc2)[C@H](OCc2ccccc2)[C@H]1OCc1ccccc1)c1ccc(OC)cc1. The number of benzene rings is 8. The number of ether oxygens (including phenoxy) is 12. The van der Waals surface area contributed by atoms with Crippen molar-refractivity contribution in [2.75, 3.05) is 26.1 Å². The normalized spacial score (nSPS) is 22.7. The van der Waals surface area contributed by atoms with Crippen LogP contribution in [0, 0.1) is 0 Å². The number of methoxy groups -OCH3 is 1. The standard InChI is InChI=1S/C71H76O12S/c1-3-84-71-68(66(78-48-57-35-21-9-22-36-57)64(76-46-55-31-17-7-18-32-55)62(81-71)51-74-44-53-27-13-5-14-28-53)82-69(59-39-41-60(72-2)42-40-59)83-70-67(79-49-58-37-23-10-24-38-58)65(77-47-56-33-19-8-20-34-56)63(75-45-54-29-15-6-16-30-54)61(80-70)50-73-43-52-25-11-4-12-26-52/h4-42,61-71H,3,43-51H2,1-2H3/t61-,62-,63-,64-,65+,66+,67-,68-,69?,70-,71+/m1/s1. The summed E-state index contributed by atoms with van der Waals surface area (Å²) in [5.41, 5.74) is 7.08. The first-order valence-electron chi connectivity index (χ1n) is 28.9. The first-order valence-corrected chi connectivity index (χ1v) is 30.0. The van der Waals surface area contributed by atoms with Crippen LogP contribution < -0.4 is 4.74 Å². The average Bonchev–Trinajstić information content (AvgIpc) is 2.63. The largest absolute Gasteiger partial charge is 0.497 e. The Kier molecular flexibility index (Phi) is 23.6. The molecule has 0 N–H and O–H groups in total. The summed E-state index contributed by atoms with van der Waals surface area (Å²) in [6, 6.07) is 78.4. The van der Waals surface area contributed by atoms with Crippen LogP contribution in [-0.4, -0.2) is 86.6 Å². The van der Waals surface area contributed by atoms with E-state index in [2.05, 4.69) is 43.3 Å². The Hall–Kier alpha value is -6.53. The second kappa shape index (κ2) is 32.7. The molecule has 11 atom stereocenters. The third kappa shape index (κ3) is 17.8. The minimum Gasteiger partial charge on any atom is -0.497 e. The van der Waals surface area contributed by atoms with Gasteiger partial charge in [0.05, 0.1) is 66.6 Å². The van der Waals surface area contributed by atoms with Crippen LogP contribution in [0.1, 0.15) is 57.7 Å². The quantitative estimate of drug-likeness (QED) is 0.0385. The van der Waals surface area contributed by atoms with E-state index in [1.165, 1.54) is 0 Å². The van der Waals surface area contributed by atoms with Crippen molar-refractivity contribution in [1.29, 1.82) is 0 Å². The molecule has 2 aliphatic heterocycles. The molecular weight excluding hydrogens is 1080 g/mol. The molecule has 13 heteroatoms. The van der Waals surface area contributed by atoms with Gasteiger partial charge in [-0.15, -0.1) is 11.8 Å². The summed E-state index contributed by atoms with van der Waals surface area (Å²) in [5, 5.41) is 0. The highest BCUT2D eigenvalue weighted by molar-refractivity contribution is 7.99. The lowest BCUT2D eigenvalue weighted by atomic mass is 9.97. The molecule has 2 aliphatic rings. The summed E-state index contributed by atoms with van der Waals surface area (Å²) in [5.74, 6) is 1.37. The molecule has 8 aromatic rings. The van der Waals surface area contributed by atoms with E-state index >= 15 is 0 Å². The van der Waals surface area contributed by atoms with Gasteiger partial charge >= 0.3 is 0 Å². The van der Waals surface area contributed by atoms with Gasteiger partial charge in [-0.3, -0.25) is 0 Å². The molecule has 2 saturated heterocycles. The summed E-state index contributed by atoms with van der Waals surface area (Å²) in [7, 11) is 1.64. The van der Waals surface area contributed by atoms with E-state index in [1.807, 2.05) is 200 Å². The number of hydrogen-bond donors (Lipinski definition) is 0. The molecule has 1 unspecified atom stereocenters. The van der Waals surface area contributed by atoms with Crippen molar-refractivity contribution in [2.24, 2.45) is 0 Å². The van der Waals surface area contributed by atoms with Crippen LogP contribution in [0.5, 0.6) is 5.75 Å². The van der Waals surface area contributed by atoms with Crippen LogP contribution in [-0.2, 0) is 98.4 Å². The molecule has 438 valence electrons. The lowest BCUT2D eigenvalue weighted by Gasteiger charge is -2.48. The molecule has 0 bridgehead atoms. The zero-order valence-electron chi connectivity index (χ0n) is 47.7. The highest BCUT2D eigenvalue weighted by Gasteiger charge is 2.53. The lowest BCUT2D eigenvalue weighted by Crippen LogP contribution is -2.62. The minimum atomic E-state index is -1.14. The number of rotatable bonds is 31. The van der Waals surface area contributed by atoms with Crippen LogP contribution in [0.15, 0.2) is 237 Å². The summed E-state index contributed by atoms with van der Waals surface area (Å²) >= 11 is 1.62. The second-order valence-corrected chi connectivity index (χ2v) is 22.1. The van der Waals surface area contributed by atoms with Gasteiger partial charge in [-0.1, -0.05) is 231 Å². The second-order valence-electron chi connectivity index (χ2n) is 20.7. The molecule has 84 heavy (non-hydrogen) atoms. The molecule has 0 saturated carbocycles. The van der Waals surface area contributed by atoms with Crippen molar-refractivity contribution >= 4 is 11.8 Å². The Labute approximate surface area is 499 Å². The van der Waals surface area contributed by atoms with Gasteiger partial charge in [0.2, 0.25) is 0 Å². The smallest absolute Gasteiger partial charge is 0.190 e. The Morgan fingerprint density at radius 1 is 0.357 bits per heavy atom. The predicted molar refractivity (Wildman–Crippen MR) is 324 cm³/mol. The van der Waals surface area contributed by atoms with Gasteiger partial charge in [0.25, 0.3) is 0 Å². The van der Waals surface area contributed by atoms with E-state index in [9.17, 15) is 0 Å². The van der Waals surface area contributed by atoms with Crippen molar-refractivity contribution in [3.63, 3.8) is 0 Å². The van der Waals surface area contributed by atoms with Crippen molar-refractivity contribution in [1.82, 2.24) is 0 Å². The molecule has 0 aromatic heterocycles. The van der Waals surface area contributed by atoms with Gasteiger partial charge in [-0.05, 0) is 56.8 Å². The third-order valence-corrected chi connectivity index (χ3v) is 15.7. The number of thioether (sulfide) groups is 1. The van der Waals surface area contributed by atoms with Crippen molar-refractivity contribution < 1.29 is 56.8 Å². The fourth-order valence-electron chi connectivity index (χ4n) is 10.3. The topological polar surface area (TPSA) is 111 Å². The Morgan fingerprint density at radius 2 is 0.690 bits per heavy atom. The number of hydrogen-bond acceptors (Lipinski definition) is 13. The van der Waals surface area contributed by atoms with E-state index in [1.54, 1.807) is 18.9 Å². The van der Waals surface area contributed by atoms with Crippen LogP contribution in [0.3, 0.4) is 0 Å². The molecule has 0 amide bonds. The maximum absolute atomic E-state index is 7.61. The van der Waals surface area contributed by atoms with Gasteiger partial charge in [0.15, 0.2) is 12.6 Å². The van der Waals surface area contributed by atoms with Crippen LogP contribution in [0.4, 0.5) is 0 Å². The Bertz CT molecular complexity index is 3050. The molecule has 2 heterocycles. The first-order chi connectivity index (χ1) is 41.6. The van der Waals surface area contributed by atoms with Crippen LogP contribution >= 0.6 is 11.8 Å². The fraction of sp³-hybridized carbons (Fsp3) is 0.324. The van der Waals surface area contributed by atoms with Crippen LogP contribution in [0.2, 0.25) is 0 Å². The van der Waals surface area contributed by atoms with E-state index in [4.69, 9.17) is 56.8 Å². The van der Waals surface area contributed by atoms with Crippen molar-refractivity contribution in [2.45, 2.75) is 120 Å². The van der Waals surface area contributed by atoms with E-state index in [-0.39, 0.29) is 46.2 Å². The Morgan fingerprint density at radius 3 is 1.06 bits per heavy atom. The summed E-state index contributed by atoms with van der Waals surface area (Å²) < 4.78 is 84.1. The molecular formula is C71H76O12S. The Balaban J connectivity index is 1.05. The van der Waals surface area contributed by atoms with Gasteiger partial charge in [-0.2, -0.15) is 0 Å². The van der Waals surface area contributed by atoms with Gasteiger partial charge in [-0.25, -0.2) is 0 Å². The molecule has 0 radical (unpaired) electrons. The predicted octanol–water partition coefficient (Wildman–Crippen LogP) is 13.7. The van der Waals surface area contributed by atoms with Crippen LogP contribution in [0.25, 0.3) is 0 Å². The monoisotopic (exact) mass is 1150 g/mol. The summed E-state index contributed by atoms with van der Waals surface area (Å²) in [4.78, 5) is 0. The lowest BCUT2D eigenvalue weighted by molar-refractivity contribution is -0.370. The summed E-state index contributed by atoms with van der Waals surface area (Å²) in [6.45, 7) is 4.49. The fourth-order valence-corrected chi connectivity index (χ4v) is 11.3. The molecule has 10 rings (SSSR count). The molecule has 8 aromatic carbocycles. The zero-order valence-corrected chi connectivity index (χ0v) is 48.6. The maximum atomic E-state index is 7.61. The van der Waals surface area contributed by atoms with E-state index in [0.717, 1.165) is 38.9 Å². The molecule has 12 nitrogen and oxygen atoms in total. The molecule has 0 spiro atoms. The third-order valence-electron chi connectivity index (χ3n) is 14.7. The average molecular weight is 1150 g/mol. The minimum absolute atomic E-state index is 0.133. The van der Waals surface area contributed by atoms with Gasteiger partial charge in [0.1, 0.15) is 60.0 Å². The van der Waals surface area contributed by atoms with E-state index < -0.39 is 66.8 Å². The van der Waals surface area contributed by atoms with Crippen molar-refractivity contribution in [3.05, 3.63) is 281 Å². The molecule has 2 fully saturated rings. The van der Waals surface area contributed by atoms with Gasteiger partial charge < -0.3 is 56.8 Å². The van der Waals surface area contributed by atoms with Gasteiger partial charge in [0, 0.05) is 5.56 Å². The highest BCUT2D eigenvalue weighted by Crippen LogP contribution is 2.41. The highest BCUT2D eigenvalue weighted by atomic mass is 32.2. The molecule has 0 aliphatic carbocycles. The zero-order chi connectivity index (χ0) is 57.4. The maximum Gasteiger partial charge on any atom is 0.190 e.